The fraction of sp³-hybridized carbons (Fsp3) is 0.438. The fourth-order valence-electron chi connectivity index (χ4n) is 2.12. The summed E-state index contributed by atoms with van der Waals surface area (Å²) in [4.78, 5) is 17.9. The van der Waals surface area contributed by atoms with Crippen molar-refractivity contribution in [2.24, 2.45) is 0 Å². The quantitative estimate of drug-likeness (QED) is 0.344. The molecule has 0 saturated carbocycles. The van der Waals surface area contributed by atoms with E-state index in [1.54, 1.807) is 19.2 Å². The van der Waals surface area contributed by atoms with Crippen molar-refractivity contribution in [1.29, 1.82) is 0 Å². The van der Waals surface area contributed by atoms with Crippen LogP contribution in [0.15, 0.2) is 24.5 Å². The first-order valence-electron chi connectivity index (χ1n) is 7.94. The Hall–Kier alpha value is -1.52. The van der Waals surface area contributed by atoms with Crippen LogP contribution in [0.5, 0.6) is 0 Å². The van der Waals surface area contributed by atoms with Gasteiger partial charge in [0.05, 0.1) is 5.56 Å². The van der Waals surface area contributed by atoms with E-state index in [0.717, 1.165) is 0 Å². The van der Waals surface area contributed by atoms with Crippen molar-refractivity contribution in [3.8, 4) is 10.6 Å². The summed E-state index contributed by atoms with van der Waals surface area (Å²) in [5.41, 5.74) is 0.590. The number of amides is 1. The molecule has 0 spiro atoms. The van der Waals surface area contributed by atoms with E-state index in [2.05, 4.69) is 4.98 Å². The number of rotatable bonds is 8. The molecule has 0 aliphatic rings. The number of nitrogens with zero attached hydrogens (tertiary/aromatic N) is 3. The topological polar surface area (TPSA) is 60.1 Å². The van der Waals surface area contributed by atoms with E-state index in [4.69, 9.17) is 11.6 Å². The molecule has 0 atom stereocenters. The van der Waals surface area contributed by atoms with Crippen LogP contribution >= 0.6 is 34.7 Å². The zero-order chi connectivity index (χ0) is 20.0. The Balaban J connectivity index is 1.88. The maximum atomic E-state index is 12.3. The van der Waals surface area contributed by atoms with Crippen LogP contribution in [-0.2, 0) is 4.79 Å². The van der Waals surface area contributed by atoms with Crippen molar-refractivity contribution in [1.82, 2.24) is 4.98 Å². The van der Waals surface area contributed by atoms with Crippen LogP contribution in [-0.4, -0.2) is 35.6 Å². The van der Waals surface area contributed by atoms with Crippen molar-refractivity contribution >= 4 is 45.6 Å². The predicted molar refractivity (Wildman–Crippen MR) is 102 cm³/mol. The smallest absolute Gasteiger partial charge is 0.389 e. The SMILES string of the molecule is CN(C(=O)CCSCCCC(F)(F)F)c1sc(-c2ccc[n+]([O-])c2)nc1Cl. The molecule has 1 amide bonds. The highest BCUT2D eigenvalue weighted by atomic mass is 35.5. The average Bonchev–Trinajstić information content (AvgIpc) is 2.98. The molecule has 0 radical (unpaired) electrons. The number of halogens is 4. The molecular formula is C16H17ClF3N3O2S2. The van der Waals surface area contributed by atoms with Crippen LogP contribution in [0, 0.1) is 5.21 Å². The summed E-state index contributed by atoms with van der Waals surface area (Å²) in [6, 6.07) is 3.30. The second-order valence-corrected chi connectivity index (χ2v) is 8.16. The lowest BCUT2D eigenvalue weighted by molar-refractivity contribution is -0.604. The van der Waals surface area contributed by atoms with Gasteiger partial charge in [0.15, 0.2) is 17.5 Å². The number of hydrogen-bond acceptors (Lipinski definition) is 5. The van der Waals surface area contributed by atoms with Gasteiger partial charge in [0.1, 0.15) is 10.0 Å². The van der Waals surface area contributed by atoms with E-state index in [9.17, 15) is 23.2 Å². The van der Waals surface area contributed by atoms with Crippen LogP contribution in [0.4, 0.5) is 18.2 Å². The molecule has 2 rings (SSSR count). The molecule has 27 heavy (non-hydrogen) atoms. The number of thiazole rings is 1. The van der Waals surface area contributed by atoms with Crippen LogP contribution in [0.25, 0.3) is 10.6 Å². The highest BCUT2D eigenvalue weighted by Crippen LogP contribution is 2.37. The molecule has 2 aromatic rings. The van der Waals surface area contributed by atoms with Gasteiger partial charge in [-0.3, -0.25) is 4.79 Å². The lowest BCUT2D eigenvalue weighted by Gasteiger charge is -2.15. The first kappa shape index (κ1) is 21.8. The van der Waals surface area contributed by atoms with Gasteiger partial charge < -0.3 is 10.1 Å². The maximum absolute atomic E-state index is 12.3. The van der Waals surface area contributed by atoms with Gasteiger partial charge in [-0.2, -0.15) is 29.7 Å². The number of anilines is 1. The zero-order valence-electron chi connectivity index (χ0n) is 14.3. The molecule has 0 bridgehead atoms. The van der Waals surface area contributed by atoms with Gasteiger partial charge in [-0.15, -0.1) is 0 Å². The summed E-state index contributed by atoms with van der Waals surface area (Å²) in [7, 11) is 1.57. The van der Waals surface area contributed by atoms with Gasteiger partial charge in [0.25, 0.3) is 0 Å². The molecule has 0 unspecified atom stereocenters. The largest absolute Gasteiger partial charge is 0.619 e. The van der Waals surface area contributed by atoms with Gasteiger partial charge >= 0.3 is 6.18 Å². The Labute approximate surface area is 167 Å². The molecule has 2 aromatic heterocycles. The fourth-order valence-corrected chi connectivity index (χ4v) is 4.30. The Kier molecular flexibility index (Phi) is 7.75. The normalized spacial score (nSPS) is 11.6. The van der Waals surface area contributed by atoms with Crippen molar-refractivity contribution in [3.63, 3.8) is 0 Å². The number of carbonyl (C=O) groups excluding carboxylic acids is 1. The number of thioether (sulfide) groups is 1. The second-order valence-electron chi connectivity index (χ2n) is 5.60. The highest BCUT2D eigenvalue weighted by molar-refractivity contribution is 7.99. The van der Waals surface area contributed by atoms with Gasteiger partial charge in [-0.1, -0.05) is 22.9 Å². The summed E-state index contributed by atoms with van der Waals surface area (Å²) in [6.07, 6.45) is -2.01. The first-order chi connectivity index (χ1) is 12.7. The summed E-state index contributed by atoms with van der Waals surface area (Å²) in [6.45, 7) is 0. The van der Waals surface area contributed by atoms with Gasteiger partial charge in [0.2, 0.25) is 5.91 Å². The van der Waals surface area contributed by atoms with Crippen molar-refractivity contribution in [2.45, 2.75) is 25.4 Å². The summed E-state index contributed by atoms with van der Waals surface area (Å²) >= 11 is 8.63. The number of pyridine rings is 1. The van der Waals surface area contributed by atoms with Crippen LogP contribution in [0.3, 0.4) is 0 Å². The van der Waals surface area contributed by atoms with E-state index in [1.165, 1.54) is 40.4 Å². The van der Waals surface area contributed by atoms with E-state index in [-0.39, 0.29) is 23.9 Å². The van der Waals surface area contributed by atoms with Crippen LogP contribution < -0.4 is 9.63 Å². The molecule has 0 saturated heterocycles. The average molecular weight is 440 g/mol. The Bertz CT molecular complexity index is 787. The third-order valence-electron chi connectivity index (χ3n) is 3.48. The molecule has 0 aromatic carbocycles. The number of hydrogen-bond donors (Lipinski definition) is 0. The van der Waals surface area contributed by atoms with Crippen molar-refractivity contribution in [3.05, 3.63) is 34.9 Å². The van der Waals surface area contributed by atoms with Gasteiger partial charge in [-0.25, -0.2) is 4.98 Å². The minimum Gasteiger partial charge on any atom is -0.619 e. The standard InChI is InChI=1S/C16H17ClF3N3O2S2/c1-22(12(24)5-9-26-8-3-6-16(18,19)20)15-13(17)21-14(27-15)11-4-2-7-23(25)10-11/h2,4,7,10H,3,5-6,8-9H2,1H3. The zero-order valence-corrected chi connectivity index (χ0v) is 16.7. The first-order valence-corrected chi connectivity index (χ1v) is 10.3. The lowest BCUT2D eigenvalue weighted by atomic mass is 10.3. The highest BCUT2D eigenvalue weighted by Gasteiger charge is 2.26. The summed E-state index contributed by atoms with van der Waals surface area (Å²) < 4.78 is 36.8. The minimum atomic E-state index is -4.14. The van der Waals surface area contributed by atoms with E-state index in [0.29, 0.717) is 31.8 Å². The monoisotopic (exact) mass is 439 g/mol. The van der Waals surface area contributed by atoms with E-state index < -0.39 is 12.6 Å². The minimum absolute atomic E-state index is 0.0407. The number of carbonyl (C=O) groups is 1. The molecule has 2 heterocycles. The molecule has 0 fully saturated rings. The number of aromatic nitrogens is 2. The van der Waals surface area contributed by atoms with E-state index in [1.807, 2.05) is 0 Å². The number of alkyl halides is 3. The second kappa shape index (κ2) is 9.61. The third-order valence-corrected chi connectivity index (χ3v) is 6.11. The third kappa shape index (κ3) is 6.86. The Morgan fingerprint density at radius 3 is 2.85 bits per heavy atom. The summed E-state index contributed by atoms with van der Waals surface area (Å²) in [5.74, 6) is 0.576. The van der Waals surface area contributed by atoms with Gasteiger partial charge in [-0.05, 0) is 18.2 Å². The Morgan fingerprint density at radius 1 is 1.44 bits per heavy atom. The van der Waals surface area contributed by atoms with E-state index >= 15 is 0 Å². The maximum Gasteiger partial charge on any atom is 0.389 e. The molecule has 5 nitrogen and oxygen atoms in total. The molecule has 148 valence electrons. The predicted octanol–water partition coefficient (Wildman–Crippen LogP) is 4.53. The van der Waals surface area contributed by atoms with Crippen LogP contribution in [0.1, 0.15) is 19.3 Å². The lowest BCUT2D eigenvalue weighted by Crippen LogP contribution is -2.25. The van der Waals surface area contributed by atoms with Crippen LogP contribution in [0.2, 0.25) is 5.15 Å². The van der Waals surface area contributed by atoms with Crippen molar-refractivity contribution in [2.75, 3.05) is 23.5 Å². The Morgan fingerprint density at radius 2 is 2.19 bits per heavy atom. The molecule has 0 aliphatic heterocycles. The summed E-state index contributed by atoms with van der Waals surface area (Å²) in [5, 5.41) is 12.5. The molecular weight excluding hydrogens is 423 g/mol. The molecule has 0 N–H and O–H groups in total. The van der Waals surface area contributed by atoms with Gasteiger partial charge in [0, 0.05) is 31.7 Å². The molecule has 11 heteroatoms. The van der Waals surface area contributed by atoms with Crippen molar-refractivity contribution < 1.29 is 22.7 Å². The molecule has 0 aliphatic carbocycles.